The first-order valence-corrected chi connectivity index (χ1v) is 12.0. The zero-order chi connectivity index (χ0) is 24.0. The SMILES string of the molecule is CCC(C)Oc1cccc(C(=O)Nc2ccc(N3CCN(C(=O)CC(C)C)CC3)c(Cl)c2)c1. The fourth-order valence-electron chi connectivity index (χ4n) is 3.75. The summed E-state index contributed by atoms with van der Waals surface area (Å²) in [7, 11) is 0. The van der Waals surface area contributed by atoms with Gasteiger partial charge in [0.25, 0.3) is 5.91 Å². The molecule has 1 heterocycles. The molecule has 0 radical (unpaired) electrons. The Labute approximate surface area is 201 Å². The molecule has 0 aliphatic carbocycles. The molecule has 6 nitrogen and oxygen atoms in total. The Kier molecular flexibility index (Phi) is 8.61. The van der Waals surface area contributed by atoms with E-state index >= 15 is 0 Å². The van der Waals surface area contributed by atoms with Crippen LogP contribution in [0, 0.1) is 5.92 Å². The van der Waals surface area contributed by atoms with Gasteiger partial charge in [-0.2, -0.15) is 0 Å². The van der Waals surface area contributed by atoms with Crippen molar-refractivity contribution in [1.82, 2.24) is 4.90 Å². The Morgan fingerprint density at radius 2 is 1.79 bits per heavy atom. The average molecular weight is 472 g/mol. The lowest BCUT2D eigenvalue weighted by Gasteiger charge is -2.36. The molecule has 1 aliphatic rings. The highest BCUT2D eigenvalue weighted by Crippen LogP contribution is 2.30. The number of piperazine rings is 1. The Morgan fingerprint density at radius 1 is 1.06 bits per heavy atom. The molecule has 1 aliphatic heterocycles. The maximum absolute atomic E-state index is 12.7. The molecule has 1 fully saturated rings. The summed E-state index contributed by atoms with van der Waals surface area (Å²) in [6.07, 6.45) is 1.57. The van der Waals surface area contributed by atoms with Crippen LogP contribution in [0.3, 0.4) is 0 Å². The highest BCUT2D eigenvalue weighted by Gasteiger charge is 2.23. The summed E-state index contributed by atoms with van der Waals surface area (Å²) in [5, 5.41) is 3.49. The standard InChI is InChI=1S/C26H34ClN3O3/c1-5-19(4)33-22-8-6-7-20(16-22)26(32)28-21-9-10-24(23(27)17-21)29-11-13-30(14-12-29)25(31)15-18(2)3/h6-10,16-19H,5,11-15H2,1-4H3,(H,28,32). The predicted molar refractivity (Wildman–Crippen MR) is 134 cm³/mol. The van der Waals surface area contributed by atoms with Crippen molar-refractivity contribution in [2.24, 2.45) is 5.92 Å². The van der Waals surface area contributed by atoms with E-state index in [4.69, 9.17) is 16.3 Å². The van der Waals surface area contributed by atoms with Crippen LogP contribution >= 0.6 is 11.6 Å². The molecular weight excluding hydrogens is 438 g/mol. The van der Waals surface area contributed by atoms with Gasteiger partial charge in [-0.15, -0.1) is 0 Å². The van der Waals surface area contributed by atoms with E-state index in [1.165, 1.54) is 0 Å². The molecule has 0 saturated carbocycles. The Balaban J connectivity index is 1.60. The van der Waals surface area contributed by atoms with Crippen LogP contribution in [0.15, 0.2) is 42.5 Å². The van der Waals surface area contributed by atoms with Crippen molar-refractivity contribution < 1.29 is 14.3 Å². The second kappa shape index (κ2) is 11.4. The number of carbonyl (C=O) groups is 2. The van der Waals surface area contributed by atoms with Crippen LogP contribution in [0.5, 0.6) is 5.75 Å². The fourth-order valence-corrected chi connectivity index (χ4v) is 4.05. The Bertz CT molecular complexity index is 971. The van der Waals surface area contributed by atoms with Crippen LogP contribution in [-0.4, -0.2) is 49.0 Å². The van der Waals surface area contributed by atoms with Gasteiger partial charge in [-0.1, -0.05) is 38.4 Å². The number of amides is 2. The summed E-state index contributed by atoms with van der Waals surface area (Å²) in [5.74, 6) is 1.04. The lowest BCUT2D eigenvalue weighted by Crippen LogP contribution is -2.49. The van der Waals surface area contributed by atoms with Gasteiger partial charge in [0.15, 0.2) is 0 Å². The van der Waals surface area contributed by atoms with E-state index in [2.05, 4.69) is 31.0 Å². The summed E-state index contributed by atoms with van der Waals surface area (Å²) < 4.78 is 5.82. The van der Waals surface area contributed by atoms with Gasteiger partial charge in [-0.25, -0.2) is 0 Å². The van der Waals surface area contributed by atoms with Crippen molar-refractivity contribution in [3.05, 3.63) is 53.1 Å². The molecule has 1 N–H and O–H groups in total. The number of nitrogens with one attached hydrogen (secondary N) is 1. The number of rotatable bonds is 8. The molecule has 0 spiro atoms. The van der Waals surface area contributed by atoms with E-state index in [-0.39, 0.29) is 17.9 Å². The third-order valence-electron chi connectivity index (χ3n) is 5.77. The van der Waals surface area contributed by atoms with Gasteiger partial charge in [-0.3, -0.25) is 9.59 Å². The van der Waals surface area contributed by atoms with Gasteiger partial charge >= 0.3 is 0 Å². The summed E-state index contributed by atoms with van der Waals surface area (Å²) in [4.78, 5) is 29.2. The zero-order valence-electron chi connectivity index (χ0n) is 19.9. The quantitative estimate of drug-likeness (QED) is 0.555. The second-order valence-electron chi connectivity index (χ2n) is 8.95. The number of carbonyl (C=O) groups excluding carboxylic acids is 2. The van der Waals surface area contributed by atoms with Crippen molar-refractivity contribution in [1.29, 1.82) is 0 Å². The molecule has 0 aromatic heterocycles. The zero-order valence-corrected chi connectivity index (χ0v) is 20.7. The van der Waals surface area contributed by atoms with Crippen molar-refractivity contribution in [3.63, 3.8) is 0 Å². The van der Waals surface area contributed by atoms with Crippen LogP contribution in [-0.2, 0) is 4.79 Å². The molecule has 0 bridgehead atoms. The monoisotopic (exact) mass is 471 g/mol. The molecule has 1 saturated heterocycles. The molecule has 2 amide bonds. The van der Waals surface area contributed by atoms with Gasteiger partial charge in [0, 0.05) is 43.9 Å². The normalized spacial score (nSPS) is 14.8. The highest BCUT2D eigenvalue weighted by molar-refractivity contribution is 6.33. The number of nitrogens with zero attached hydrogens (tertiary/aromatic N) is 2. The summed E-state index contributed by atoms with van der Waals surface area (Å²) in [6, 6.07) is 12.7. The maximum Gasteiger partial charge on any atom is 0.255 e. The minimum atomic E-state index is -0.217. The average Bonchev–Trinajstić information content (AvgIpc) is 2.79. The van der Waals surface area contributed by atoms with Crippen LogP contribution in [0.25, 0.3) is 0 Å². The minimum absolute atomic E-state index is 0.0878. The first-order chi connectivity index (χ1) is 15.8. The maximum atomic E-state index is 12.7. The largest absolute Gasteiger partial charge is 0.491 e. The third-order valence-corrected chi connectivity index (χ3v) is 6.07. The fraction of sp³-hybridized carbons (Fsp3) is 0.462. The van der Waals surface area contributed by atoms with Crippen molar-refractivity contribution >= 4 is 34.8 Å². The van der Waals surface area contributed by atoms with Crippen LogP contribution in [0.4, 0.5) is 11.4 Å². The topological polar surface area (TPSA) is 61.9 Å². The van der Waals surface area contributed by atoms with E-state index in [9.17, 15) is 9.59 Å². The number of ether oxygens (including phenoxy) is 1. The molecule has 2 aromatic rings. The summed E-state index contributed by atoms with van der Waals surface area (Å²) >= 11 is 6.56. The Morgan fingerprint density at radius 3 is 2.42 bits per heavy atom. The molecular formula is C26H34ClN3O3. The van der Waals surface area contributed by atoms with E-state index in [0.717, 1.165) is 25.2 Å². The Hall–Kier alpha value is -2.73. The van der Waals surface area contributed by atoms with E-state index in [0.29, 0.717) is 47.5 Å². The van der Waals surface area contributed by atoms with Gasteiger partial charge in [0.2, 0.25) is 5.91 Å². The molecule has 33 heavy (non-hydrogen) atoms. The van der Waals surface area contributed by atoms with Gasteiger partial charge in [0.1, 0.15) is 5.75 Å². The lowest BCUT2D eigenvalue weighted by atomic mass is 10.1. The number of hydrogen-bond acceptors (Lipinski definition) is 4. The van der Waals surface area contributed by atoms with Crippen LogP contribution < -0.4 is 15.0 Å². The molecule has 3 rings (SSSR count). The number of anilines is 2. The minimum Gasteiger partial charge on any atom is -0.491 e. The van der Waals surface area contributed by atoms with Crippen LogP contribution in [0.1, 0.15) is 50.9 Å². The van der Waals surface area contributed by atoms with Crippen molar-refractivity contribution in [2.45, 2.75) is 46.6 Å². The predicted octanol–water partition coefficient (Wildman–Crippen LogP) is 5.46. The first-order valence-electron chi connectivity index (χ1n) is 11.7. The number of halogens is 1. The second-order valence-corrected chi connectivity index (χ2v) is 9.36. The summed E-state index contributed by atoms with van der Waals surface area (Å²) in [5.41, 5.74) is 2.07. The van der Waals surface area contributed by atoms with Gasteiger partial charge in [-0.05, 0) is 55.7 Å². The molecule has 2 aromatic carbocycles. The smallest absolute Gasteiger partial charge is 0.255 e. The lowest BCUT2D eigenvalue weighted by molar-refractivity contribution is -0.132. The van der Waals surface area contributed by atoms with Gasteiger partial charge in [0.05, 0.1) is 16.8 Å². The molecule has 1 unspecified atom stereocenters. The number of hydrogen-bond donors (Lipinski definition) is 1. The molecule has 178 valence electrons. The first kappa shape index (κ1) is 24.9. The molecule has 1 atom stereocenters. The molecule has 7 heteroatoms. The summed E-state index contributed by atoms with van der Waals surface area (Å²) in [6.45, 7) is 11.0. The van der Waals surface area contributed by atoms with E-state index in [1.807, 2.05) is 36.1 Å². The van der Waals surface area contributed by atoms with Crippen molar-refractivity contribution in [3.8, 4) is 5.75 Å². The van der Waals surface area contributed by atoms with E-state index in [1.54, 1.807) is 18.2 Å². The number of benzene rings is 2. The van der Waals surface area contributed by atoms with Gasteiger partial charge < -0.3 is 19.9 Å². The third kappa shape index (κ3) is 6.87. The van der Waals surface area contributed by atoms with E-state index < -0.39 is 0 Å². The highest BCUT2D eigenvalue weighted by atomic mass is 35.5. The van der Waals surface area contributed by atoms with Crippen molar-refractivity contribution in [2.75, 3.05) is 36.4 Å². The van der Waals surface area contributed by atoms with Crippen LogP contribution in [0.2, 0.25) is 5.02 Å².